The number of rotatable bonds is 3. The summed E-state index contributed by atoms with van der Waals surface area (Å²) in [6.07, 6.45) is 2.61. The van der Waals surface area contributed by atoms with Crippen LogP contribution in [0, 0.1) is 5.92 Å². The number of nitrogens with one attached hydrogen (secondary N) is 1. The van der Waals surface area contributed by atoms with E-state index in [1.165, 1.54) is 0 Å². The molecule has 1 fully saturated rings. The summed E-state index contributed by atoms with van der Waals surface area (Å²) >= 11 is 6.11. The highest BCUT2D eigenvalue weighted by Gasteiger charge is 2.30. The summed E-state index contributed by atoms with van der Waals surface area (Å²) in [5.41, 5.74) is 0.441. The van der Waals surface area contributed by atoms with Crippen LogP contribution in [0.3, 0.4) is 0 Å². The molecule has 2 rings (SSSR count). The van der Waals surface area contributed by atoms with Gasteiger partial charge in [0.2, 0.25) is 0 Å². The summed E-state index contributed by atoms with van der Waals surface area (Å²) < 4.78 is 5.40. The zero-order valence-corrected chi connectivity index (χ0v) is 14.8. The van der Waals surface area contributed by atoms with Gasteiger partial charge in [-0.05, 0) is 70.1 Å². The molecule has 4 nitrogen and oxygen atoms in total. The van der Waals surface area contributed by atoms with Gasteiger partial charge in [-0.25, -0.2) is 4.79 Å². The monoisotopic (exact) mass is 339 g/mol. The van der Waals surface area contributed by atoms with Gasteiger partial charge in [-0.1, -0.05) is 23.7 Å². The Labute approximate surface area is 143 Å². The Morgan fingerprint density at radius 1 is 1.30 bits per heavy atom. The summed E-state index contributed by atoms with van der Waals surface area (Å²) in [4.78, 5) is 12.2. The third-order valence-electron chi connectivity index (χ3n) is 4.09. The third-order valence-corrected chi connectivity index (χ3v) is 4.33. The number of carbonyl (C=O) groups excluding carboxylic acids is 1. The molecule has 1 aromatic rings. The average molecular weight is 340 g/mol. The maximum atomic E-state index is 12.2. The number of aliphatic hydroxyl groups excluding tert-OH is 1. The van der Waals surface area contributed by atoms with Crippen LogP contribution < -0.4 is 5.32 Å². The molecule has 0 aliphatic heterocycles. The van der Waals surface area contributed by atoms with E-state index in [0.717, 1.165) is 31.2 Å². The van der Waals surface area contributed by atoms with E-state index in [0.29, 0.717) is 5.02 Å². The lowest BCUT2D eigenvalue weighted by molar-refractivity contribution is 0.0450. The van der Waals surface area contributed by atoms with Crippen LogP contribution in [0.4, 0.5) is 4.79 Å². The molecule has 0 bridgehead atoms. The molecule has 0 heterocycles. The van der Waals surface area contributed by atoms with Gasteiger partial charge in [0.05, 0.1) is 12.1 Å². The summed E-state index contributed by atoms with van der Waals surface area (Å²) in [6.45, 7) is 5.54. The number of halogens is 1. The number of carbonyl (C=O) groups is 1. The van der Waals surface area contributed by atoms with Crippen LogP contribution in [0.25, 0.3) is 0 Å². The maximum Gasteiger partial charge on any atom is 0.408 e. The van der Waals surface area contributed by atoms with Gasteiger partial charge in [-0.2, -0.15) is 0 Å². The number of aliphatic hydroxyl groups is 1. The fourth-order valence-corrected chi connectivity index (χ4v) is 3.24. The quantitative estimate of drug-likeness (QED) is 0.854. The predicted octanol–water partition coefficient (Wildman–Crippen LogP) is 4.46. The van der Waals surface area contributed by atoms with Crippen molar-refractivity contribution in [2.45, 2.75) is 64.2 Å². The molecule has 2 N–H and O–H groups in total. The van der Waals surface area contributed by atoms with Crippen molar-refractivity contribution in [2.75, 3.05) is 0 Å². The summed E-state index contributed by atoms with van der Waals surface area (Å²) in [7, 11) is 0. The number of benzene rings is 1. The highest BCUT2D eigenvalue weighted by atomic mass is 35.5. The zero-order chi connectivity index (χ0) is 17.0. The molecule has 1 aliphatic rings. The molecule has 1 atom stereocenters. The number of amides is 1. The molecular formula is C18H26ClNO3. The molecule has 5 heteroatoms. The fourth-order valence-electron chi connectivity index (χ4n) is 3.04. The van der Waals surface area contributed by atoms with E-state index in [-0.39, 0.29) is 18.1 Å². The normalized spacial score (nSPS) is 23.2. The van der Waals surface area contributed by atoms with E-state index in [1.54, 1.807) is 0 Å². The first-order valence-corrected chi connectivity index (χ1v) is 8.55. The number of hydrogen-bond donors (Lipinski definition) is 2. The van der Waals surface area contributed by atoms with Crippen LogP contribution >= 0.6 is 11.6 Å². The number of ether oxygens (including phenoxy) is 1. The first kappa shape index (κ1) is 18.1. The average Bonchev–Trinajstić information content (AvgIpc) is 2.44. The van der Waals surface area contributed by atoms with Gasteiger partial charge in [0.1, 0.15) is 5.60 Å². The molecule has 0 aromatic heterocycles. The molecule has 23 heavy (non-hydrogen) atoms. The van der Waals surface area contributed by atoms with E-state index in [2.05, 4.69) is 5.32 Å². The van der Waals surface area contributed by atoms with Gasteiger partial charge in [0.25, 0.3) is 0 Å². The Hall–Kier alpha value is -1.26. The third kappa shape index (κ3) is 5.70. The second-order valence-corrected chi connectivity index (χ2v) is 7.68. The van der Waals surface area contributed by atoms with Gasteiger partial charge in [-0.15, -0.1) is 0 Å². The lowest BCUT2D eigenvalue weighted by Crippen LogP contribution is -2.39. The van der Waals surface area contributed by atoms with E-state index >= 15 is 0 Å². The molecule has 1 amide bonds. The first-order valence-electron chi connectivity index (χ1n) is 8.17. The molecule has 1 unspecified atom stereocenters. The molecule has 0 saturated heterocycles. The Morgan fingerprint density at radius 2 is 1.96 bits per heavy atom. The van der Waals surface area contributed by atoms with Crippen molar-refractivity contribution in [2.24, 2.45) is 5.92 Å². The first-order chi connectivity index (χ1) is 10.7. The maximum absolute atomic E-state index is 12.2. The van der Waals surface area contributed by atoms with Crippen molar-refractivity contribution in [1.82, 2.24) is 5.32 Å². The number of hydrogen-bond acceptors (Lipinski definition) is 3. The van der Waals surface area contributed by atoms with Gasteiger partial charge in [-0.3, -0.25) is 0 Å². The Bertz CT molecular complexity index is 533. The summed E-state index contributed by atoms with van der Waals surface area (Å²) in [6, 6.07) is 7.41. The highest BCUT2D eigenvalue weighted by molar-refractivity contribution is 6.30. The van der Waals surface area contributed by atoms with Crippen LogP contribution in [0.1, 0.15) is 58.1 Å². The van der Waals surface area contributed by atoms with Crippen LogP contribution in [0.5, 0.6) is 0 Å². The number of alkyl carbamates (subject to hydrolysis) is 1. The van der Waals surface area contributed by atoms with Crippen LogP contribution in [-0.4, -0.2) is 22.9 Å². The smallest absolute Gasteiger partial charge is 0.408 e. The molecule has 0 radical (unpaired) electrons. The Kier molecular flexibility index (Phi) is 5.93. The summed E-state index contributed by atoms with van der Waals surface area (Å²) in [5, 5.41) is 13.4. The topological polar surface area (TPSA) is 58.6 Å². The predicted molar refractivity (Wildman–Crippen MR) is 91.5 cm³/mol. The minimum Gasteiger partial charge on any atom is -0.444 e. The van der Waals surface area contributed by atoms with Crippen molar-refractivity contribution in [3.05, 3.63) is 34.9 Å². The molecule has 128 valence electrons. The van der Waals surface area contributed by atoms with Crippen LogP contribution in [0.2, 0.25) is 5.02 Å². The van der Waals surface area contributed by atoms with Crippen molar-refractivity contribution in [1.29, 1.82) is 0 Å². The van der Waals surface area contributed by atoms with Crippen LogP contribution in [0.15, 0.2) is 24.3 Å². The minimum atomic E-state index is -0.536. The minimum absolute atomic E-state index is 0.156. The molecule has 1 aromatic carbocycles. The Balaban J connectivity index is 2.16. The van der Waals surface area contributed by atoms with Gasteiger partial charge < -0.3 is 15.2 Å². The highest BCUT2D eigenvalue weighted by Crippen LogP contribution is 2.35. The SMILES string of the molecule is CC(C)(C)OC(=O)NC(c1cccc(Cl)c1)C1CCC(O)CC1. The Morgan fingerprint density at radius 3 is 2.52 bits per heavy atom. The standard InChI is InChI=1S/C18H26ClNO3/c1-18(2,3)23-17(22)20-16(12-7-9-15(21)10-8-12)13-5-4-6-14(19)11-13/h4-6,11-12,15-16,21H,7-10H2,1-3H3,(H,20,22). The van der Waals surface area contributed by atoms with Crippen molar-refractivity contribution in [3.63, 3.8) is 0 Å². The second-order valence-electron chi connectivity index (χ2n) is 7.25. The van der Waals surface area contributed by atoms with Crippen molar-refractivity contribution >= 4 is 17.7 Å². The van der Waals surface area contributed by atoms with Gasteiger partial charge in [0, 0.05) is 5.02 Å². The second kappa shape index (κ2) is 7.54. The molecular weight excluding hydrogens is 314 g/mol. The van der Waals surface area contributed by atoms with Crippen molar-refractivity contribution < 1.29 is 14.6 Å². The summed E-state index contributed by atoms with van der Waals surface area (Å²) in [5.74, 6) is 0.268. The van der Waals surface area contributed by atoms with Gasteiger partial charge >= 0.3 is 6.09 Å². The van der Waals surface area contributed by atoms with Crippen molar-refractivity contribution in [3.8, 4) is 0 Å². The van der Waals surface area contributed by atoms with E-state index in [9.17, 15) is 9.90 Å². The molecule has 1 aliphatic carbocycles. The van der Waals surface area contributed by atoms with Gasteiger partial charge in [0.15, 0.2) is 0 Å². The van der Waals surface area contributed by atoms with E-state index in [1.807, 2.05) is 45.0 Å². The van der Waals surface area contributed by atoms with E-state index in [4.69, 9.17) is 16.3 Å². The van der Waals surface area contributed by atoms with Crippen LogP contribution in [-0.2, 0) is 4.74 Å². The fraction of sp³-hybridized carbons (Fsp3) is 0.611. The lowest BCUT2D eigenvalue weighted by atomic mass is 9.80. The molecule has 1 saturated carbocycles. The lowest BCUT2D eigenvalue weighted by Gasteiger charge is -2.33. The van der Waals surface area contributed by atoms with E-state index < -0.39 is 11.7 Å². The molecule has 0 spiro atoms. The zero-order valence-electron chi connectivity index (χ0n) is 14.0. The largest absolute Gasteiger partial charge is 0.444 e.